The summed E-state index contributed by atoms with van der Waals surface area (Å²) in [6.45, 7) is 2.38. The molecule has 0 fully saturated rings. The maximum Gasteiger partial charge on any atom is 0.269 e. The van der Waals surface area contributed by atoms with Gasteiger partial charge in [0.25, 0.3) is 5.69 Å². The second-order valence-electron chi connectivity index (χ2n) is 2.63. The zero-order valence-corrected chi connectivity index (χ0v) is 7.84. The molecule has 0 radical (unpaired) electrons. The first-order chi connectivity index (χ1) is 6.74. The largest absolute Gasteiger partial charge is 0.490 e. The van der Waals surface area contributed by atoms with Crippen LogP contribution in [-0.4, -0.2) is 11.5 Å². The first-order valence-electron chi connectivity index (χ1n) is 4.22. The molecule has 0 amide bonds. The Hall–Kier alpha value is -1.84. The quantitative estimate of drug-likeness (QED) is 0.419. The van der Waals surface area contributed by atoms with E-state index in [4.69, 9.17) is 4.74 Å². The first kappa shape index (κ1) is 10.2. The molecule has 0 aliphatic carbocycles. The van der Waals surface area contributed by atoms with Crippen LogP contribution in [0.15, 0.2) is 36.4 Å². The lowest BCUT2D eigenvalue weighted by Gasteiger charge is -2.01. The number of rotatable bonds is 4. The molecule has 0 aliphatic rings. The van der Waals surface area contributed by atoms with E-state index in [1.165, 1.54) is 12.1 Å². The van der Waals surface area contributed by atoms with Crippen molar-refractivity contribution in [3.8, 4) is 5.75 Å². The van der Waals surface area contributed by atoms with Crippen molar-refractivity contribution in [3.05, 3.63) is 46.5 Å². The fraction of sp³-hybridized carbons (Fsp3) is 0.200. The van der Waals surface area contributed by atoms with Gasteiger partial charge in [-0.05, 0) is 19.1 Å². The molecule has 0 bridgehead atoms. The number of non-ortho nitro benzene ring substituents is 1. The third kappa shape index (κ3) is 2.90. The lowest BCUT2D eigenvalue weighted by atomic mass is 10.3. The molecule has 0 atom stereocenters. The minimum Gasteiger partial charge on any atom is -0.490 e. The molecular weight excluding hydrogens is 182 g/mol. The van der Waals surface area contributed by atoms with Crippen molar-refractivity contribution in [2.24, 2.45) is 0 Å². The maximum atomic E-state index is 10.3. The number of benzene rings is 1. The number of hydrogen-bond donors (Lipinski definition) is 0. The van der Waals surface area contributed by atoms with Crippen molar-refractivity contribution >= 4 is 5.69 Å². The van der Waals surface area contributed by atoms with Gasteiger partial charge < -0.3 is 4.74 Å². The predicted molar refractivity (Wildman–Crippen MR) is 53.4 cm³/mol. The van der Waals surface area contributed by atoms with E-state index >= 15 is 0 Å². The number of ether oxygens (including phenoxy) is 1. The molecule has 1 aromatic carbocycles. The summed E-state index contributed by atoms with van der Waals surface area (Å²) in [6, 6.07) is 6.01. The van der Waals surface area contributed by atoms with Crippen LogP contribution in [0.3, 0.4) is 0 Å². The molecule has 1 rings (SSSR count). The summed E-state index contributed by atoms with van der Waals surface area (Å²) < 4.78 is 5.27. The number of allylic oxidation sites excluding steroid dienone is 1. The van der Waals surface area contributed by atoms with E-state index in [9.17, 15) is 10.1 Å². The van der Waals surface area contributed by atoms with Crippen molar-refractivity contribution < 1.29 is 9.66 Å². The fourth-order valence-corrected chi connectivity index (χ4v) is 0.905. The fourth-order valence-electron chi connectivity index (χ4n) is 0.905. The summed E-state index contributed by atoms with van der Waals surface area (Å²) in [7, 11) is 0. The summed E-state index contributed by atoms with van der Waals surface area (Å²) in [5.74, 6) is 0.633. The third-order valence-corrected chi connectivity index (χ3v) is 1.63. The first-order valence-corrected chi connectivity index (χ1v) is 4.22. The Morgan fingerprint density at radius 1 is 1.43 bits per heavy atom. The van der Waals surface area contributed by atoms with Gasteiger partial charge in [-0.3, -0.25) is 10.1 Å². The maximum absolute atomic E-state index is 10.3. The summed E-state index contributed by atoms with van der Waals surface area (Å²) in [5, 5.41) is 10.3. The van der Waals surface area contributed by atoms with E-state index in [0.29, 0.717) is 12.4 Å². The zero-order valence-electron chi connectivity index (χ0n) is 7.84. The molecule has 0 aromatic heterocycles. The summed E-state index contributed by atoms with van der Waals surface area (Å²) in [5.41, 5.74) is 0.0726. The molecule has 74 valence electrons. The highest BCUT2D eigenvalue weighted by Crippen LogP contribution is 2.16. The molecule has 4 heteroatoms. The van der Waals surface area contributed by atoms with Crippen molar-refractivity contribution in [1.29, 1.82) is 0 Å². The number of nitro benzene ring substituents is 1. The van der Waals surface area contributed by atoms with Crippen LogP contribution in [0.5, 0.6) is 5.75 Å². The average molecular weight is 193 g/mol. The van der Waals surface area contributed by atoms with Gasteiger partial charge in [0.2, 0.25) is 0 Å². The molecule has 0 N–H and O–H groups in total. The highest BCUT2D eigenvalue weighted by Gasteiger charge is 2.03. The van der Waals surface area contributed by atoms with E-state index < -0.39 is 4.92 Å². The Morgan fingerprint density at radius 2 is 2.07 bits per heavy atom. The molecule has 0 heterocycles. The summed E-state index contributed by atoms with van der Waals surface area (Å²) in [4.78, 5) is 9.89. The van der Waals surface area contributed by atoms with E-state index in [2.05, 4.69) is 0 Å². The van der Waals surface area contributed by atoms with Crippen molar-refractivity contribution in [2.75, 3.05) is 6.61 Å². The monoisotopic (exact) mass is 193 g/mol. The second kappa shape index (κ2) is 5.01. The SMILES string of the molecule is C/C=C\COc1ccc([N+](=O)[O-])cc1. The van der Waals surface area contributed by atoms with Gasteiger partial charge in [0, 0.05) is 12.1 Å². The lowest BCUT2D eigenvalue weighted by molar-refractivity contribution is -0.384. The van der Waals surface area contributed by atoms with Gasteiger partial charge in [-0.1, -0.05) is 12.2 Å². The van der Waals surface area contributed by atoms with Crippen molar-refractivity contribution in [3.63, 3.8) is 0 Å². The molecule has 0 saturated carbocycles. The third-order valence-electron chi connectivity index (χ3n) is 1.63. The van der Waals surface area contributed by atoms with Gasteiger partial charge in [0.05, 0.1) is 4.92 Å². The van der Waals surface area contributed by atoms with Crippen LogP contribution in [0.1, 0.15) is 6.92 Å². The Labute approximate surface area is 82.0 Å². The summed E-state index contributed by atoms with van der Waals surface area (Å²) in [6.07, 6.45) is 3.74. The number of nitro groups is 1. The Morgan fingerprint density at radius 3 is 2.57 bits per heavy atom. The molecule has 0 saturated heterocycles. The number of nitrogens with zero attached hydrogens (tertiary/aromatic N) is 1. The van der Waals surface area contributed by atoms with E-state index in [0.717, 1.165) is 0 Å². The topological polar surface area (TPSA) is 52.4 Å². The highest BCUT2D eigenvalue weighted by atomic mass is 16.6. The standard InChI is InChI=1S/C10H11NO3/c1-2-3-8-14-10-6-4-9(5-7-10)11(12)13/h2-7H,8H2,1H3/b3-2-. The minimum absolute atomic E-state index is 0.0726. The minimum atomic E-state index is -0.435. The Kier molecular flexibility index (Phi) is 3.67. The van der Waals surface area contributed by atoms with Gasteiger partial charge >= 0.3 is 0 Å². The van der Waals surface area contributed by atoms with Crippen LogP contribution in [0.25, 0.3) is 0 Å². The molecule has 4 nitrogen and oxygen atoms in total. The van der Waals surface area contributed by atoms with Gasteiger partial charge in [0.1, 0.15) is 12.4 Å². The Bertz CT molecular complexity index is 330. The van der Waals surface area contributed by atoms with Crippen LogP contribution in [0, 0.1) is 10.1 Å². The number of hydrogen-bond acceptors (Lipinski definition) is 3. The Balaban J connectivity index is 2.59. The van der Waals surface area contributed by atoms with Crippen LogP contribution < -0.4 is 4.74 Å². The van der Waals surface area contributed by atoms with Gasteiger partial charge in [-0.15, -0.1) is 0 Å². The molecule has 14 heavy (non-hydrogen) atoms. The van der Waals surface area contributed by atoms with Gasteiger partial charge in [-0.2, -0.15) is 0 Å². The van der Waals surface area contributed by atoms with Crippen molar-refractivity contribution in [1.82, 2.24) is 0 Å². The normalized spacial score (nSPS) is 10.4. The van der Waals surface area contributed by atoms with E-state index in [1.54, 1.807) is 12.1 Å². The lowest BCUT2D eigenvalue weighted by Crippen LogP contribution is -1.93. The molecule has 0 unspecified atom stereocenters. The summed E-state index contributed by atoms with van der Waals surface area (Å²) >= 11 is 0. The van der Waals surface area contributed by atoms with E-state index in [1.807, 2.05) is 19.1 Å². The average Bonchev–Trinajstić information content (AvgIpc) is 2.19. The van der Waals surface area contributed by atoms with E-state index in [-0.39, 0.29) is 5.69 Å². The smallest absolute Gasteiger partial charge is 0.269 e. The van der Waals surface area contributed by atoms with Gasteiger partial charge in [-0.25, -0.2) is 0 Å². The molecule has 0 aliphatic heterocycles. The van der Waals surface area contributed by atoms with Crippen molar-refractivity contribution in [2.45, 2.75) is 6.92 Å². The van der Waals surface area contributed by atoms with Crippen LogP contribution in [0.4, 0.5) is 5.69 Å². The second-order valence-corrected chi connectivity index (χ2v) is 2.63. The predicted octanol–water partition coefficient (Wildman–Crippen LogP) is 2.55. The van der Waals surface area contributed by atoms with Crippen LogP contribution in [0.2, 0.25) is 0 Å². The van der Waals surface area contributed by atoms with Crippen LogP contribution >= 0.6 is 0 Å². The molecule has 0 spiro atoms. The zero-order chi connectivity index (χ0) is 10.4. The molecule has 1 aromatic rings. The molecular formula is C10H11NO3. The highest BCUT2D eigenvalue weighted by molar-refractivity contribution is 5.35. The van der Waals surface area contributed by atoms with Crippen LogP contribution in [-0.2, 0) is 0 Å². The van der Waals surface area contributed by atoms with Gasteiger partial charge in [0.15, 0.2) is 0 Å².